The first-order chi connectivity index (χ1) is 10.3. The molecule has 1 aromatic carbocycles. The van der Waals surface area contributed by atoms with Crippen LogP contribution in [-0.2, 0) is 6.42 Å². The molecular formula is C10H17FN4. The number of rotatable bonds is 3. The first-order valence-electron chi connectivity index (χ1n) is 7.57. The molecular weight excluding hydrogens is 195 g/mol. The summed E-state index contributed by atoms with van der Waals surface area (Å²) in [5.74, 6) is -0.257. The highest BCUT2D eigenvalue weighted by atomic mass is 19.1. The highest BCUT2D eigenvalue weighted by Gasteiger charge is 2.03. The third kappa shape index (κ3) is 1.92. The summed E-state index contributed by atoms with van der Waals surface area (Å²) < 4.78 is 43.0. The quantitative estimate of drug-likeness (QED) is 0.458. The second kappa shape index (κ2) is 4.02. The van der Waals surface area contributed by atoms with Gasteiger partial charge in [-0.1, -0.05) is 5.11 Å². The minimum Gasteiger partial charge on any atom is -0.361 e. The van der Waals surface area contributed by atoms with Crippen LogP contribution in [0, 0.1) is 5.82 Å². The molecule has 0 spiro atoms. The summed E-state index contributed by atoms with van der Waals surface area (Å²) in [5.41, 5.74) is 10.0. The Morgan fingerprint density at radius 3 is 3.27 bits per heavy atom. The first-order valence-corrected chi connectivity index (χ1v) is 4.57. The van der Waals surface area contributed by atoms with Crippen molar-refractivity contribution in [3.63, 3.8) is 0 Å². The topological polar surface area (TPSA) is 64.6 Å². The molecule has 0 aliphatic carbocycles. The van der Waals surface area contributed by atoms with Gasteiger partial charge in [-0.05, 0) is 35.7 Å². The van der Waals surface area contributed by atoms with Gasteiger partial charge in [0.05, 0.1) is 0 Å². The van der Waals surface area contributed by atoms with Crippen LogP contribution in [0.4, 0.5) is 4.39 Å². The molecule has 4 nitrogen and oxygen atoms in total. The monoisotopic (exact) mass is 219 g/mol. The number of fused-ring (bicyclic) bond motifs is 1. The van der Waals surface area contributed by atoms with E-state index in [1.54, 1.807) is 6.07 Å². The lowest BCUT2D eigenvalue weighted by Crippen LogP contribution is -1.86. The predicted octanol–water partition coefficient (Wildman–Crippen LogP) is 4.14. The van der Waals surface area contributed by atoms with Crippen molar-refractivity contribution < 1.29 is 14.7 Å². The van der Waals surface area contributed by atoms with Crippen LogP contribution in [0.2, 0.25) is 0 Å². The van der Waals surface area contributed by atoms with Gasteiger partial charge >= 0.3 is 0 Å². The van der Waals surface area contributed by atoms with Crippen LogP contribution in [0.15, 0.2) is 29.5 Å². The largest absolute Gasteiger partial charge is 0.361 e. The van der Waals surface area contributed by atoms with Crippen molar-refractivity contribution in [1.82, 2.24) is 4.98 Å². The average Bonchev–Trinajstić information content (AvgIpc) is 2.96. The van der Waals surface area contributed by atoms with Gasteiger partial charge < -0.3 is 4.98 Å². The van der Waals surface area contributed by atoms with E-state index in [1.165, 1.54) is 12.1 Å². The summed E-state index contributed by atoms with van der Waals surface area (Å²) in [6, 6.07) is 4.59. The molecule has 0 saturated heterocycles. The van der Waals surface area contributed by atoms with E-state index < -0.39 is 0 Å². The van der Waals surface area contributed by atoms with Crippen LogP contribution in [0.1, 0.15) is 15.9 Å². The molecule has 0 atom stereocenters. The number of H-pyrrole nitrogens is 1. The van der Waals surface area contributed by atoms with Gasteiger partial charge in [-0.2, -0.15) is 0 Å². The zero-order valence-electron chi connectivity index (χ0n) is 13.9. The normalized spacial score (nSPS) is 11.8. The van der Waals surface area contributed by atoms with E-state index in [-0.39, 0.29) is 7.24 Å². The number of hydrogen-bond acceptors (Lipinski definition) is 1. The molecule has 2 rings (SSSR count). The second-order valence-corrected chi connectivity index (χ2v) is 3.21. The van der Waals surface area contributed by atoms with E-state index in [0.717, 1.165) is 16.5 Å². The molecule has 84 valence electrons. The first kappa shape index (κ1) is 6.48. The Morgan fingerprint density at radius 1 is 1.60 bits per heavy atom. The smallest absolute Gasteiger partial charge is 0.123 e. The molecule has 0 bridgehead atoms. The Balaban J connectivity index is -0.000000463. The molecule has 1 N–H and O–H groups in total. The summed E-state index contributed by atoms with van der Waals surface area (Å²) in [6.07, 6.45) is 2.44. The molecule has 1 heterocycles. The number of nitrogens with one attached hydrogen (secondary N) is 1. The molecule has 0 fully saturated rings. The van der Waals surface area contributed by atoms with Crippen molar-refractivity contribution in [2.24, 2.45) is 5.11 Å². The third-order valence-corrected chi connectivity index (χ3v) is 2.27. The van der Waals surface area contributed by atoms with Gasteiger partial charge in [-0.3, -0.25) is 0 Å². The van der Waals surface area contributed by atoms with Crippen molar-refractivity contribution in [3.8, 4) is 0 Å². The fourth-order valence-corrected chi connectivity index (χ4v) is 1.57. The van der Waals surface area contributed by atoms with Crippen molar-refractivity contribution >= 4 is 10.9 Å². The van der Waals surface area contributed by atoms with Crippen molar-refractivity contribution in [2.45, 2.75) is 6.42 Å². The van der Waals surface area contributed by atoms with Crippen LogP contribution in [0.25, 0.3) is 21.3 Å². The molecule has 1 aromatic heterocycles. The Bertz CT molecular complexity index is 545. The molecule has 0 aliphatic rings. The highest BCUT2D eigenvalue weighted by molar-refractivity contribution is 5.83. The number of nitrogens with zero attached hydrogens (tertiary/aromatic N) is 3. The van der Waals surface area contributed by atoms with E-state index in [2.05, 4.69) is 15.0 Å². The average molecular weight is 219 g/mol. The number of halogens is 1. The lowest BCUT2D eigenvalue weighted by Gasteiger charge is -1.95. The summed E-state index contributed by atoms with van der Waals surface area (Å²) in [7, 11) is 0. The van der Waals surface area contributed by atoms with Crippen LogP contribution >= 0.6 is 0 Å². The van der Waals surface area contributed by atoms with Gasteiger partial charge in [-0.25, -0.2) is 4.39 Å². The number of aromatic nitrogens is 1. The molecule has 15 heavy (non-hydrogen) atoms. The van der Waals surface area contributed by atoms with Gasteiger partial charge in [0.2, 0.25) is 0 Å². The fraction of sp³-hybridized carbons (Fsp3) is 0.200. The summed E-state index contributed by atoms with van der Waals surface area (Å²) in [5, 5.41) is 4.30. The minimum atomic E-state index is -0.257. The van der Waals surface area contributed by atoms with Gasteiger partial charge in [0.25, 0.3) is 0 Å². The number of benzene rings is 1. The fourth-order valence-electron chi connectivity index (χ4n) is 1.57. The molecule has 0 aliphatic heterocycles. The molecule has 2 aromatic rings. The second-order valence-electron chi connectivity index (χ2n) is 3.21. The van der Waals surface area contributed by atoms with E-state index in [0.29, 0.717) is 13.0 Å². The van der Waals surface area contributed by atoms with E-state index in [1.807, 2.05) is 6.20 Å². The molecule has 0 radical (unpaired) electrons. The van der Waals surface area contributed by atoms with Crippen molar-refractivity contribution in [2.75, 3.05) is 6.54 Å². The van der Waals surface area contributed by atoms with Crippen LogP contribution in [0.5, 0.6) is 0 Å². The Hall–Kier alpha value is -2.00. The maximum atomic E-state index is 13.0. The Kier molecular flexibility index (Phi) is 1.74. The third-order valence-electron chi connectivity index (χ3n) is 2.27. The number of azide groups is 1. The standard InChI is InChI=1S/C10H9FN4.4H2/c11-8-1-2-10-9(5-8)7(6-13-10)3-4-14-15-12;;;;/h1-2,5-6,13H,3-4H2;4*1H/i;3*1+1D;1+1. The Morgan fingerprint density at radius 2 is 2.47 bits per heavy atom. The van der Waals surface area contributed by atoms with Crippen molar-refractivity contribution in [1.29, 1.82) is 0 Å². The molecule has 5 heteroatoms. The van der Waals surface area contributed by atoms with Gasteiger partial charge in [-0.15, -0.1) is 0 Å². The Labute approximate surface area is 96.1 Å². The zero-order valence-corrected chi connectivity index (χ0v) is 7.94. The van der Waals surface area contributed by atoms with Crippen LogP contribution < -0.4 is 0 Å². The minimum absolute atomic E-state index is 0. The van der Waals surface area contributed by atoms with Gasteiger partial charge in [0.15, 0.2) is 0 Å². The van der Waals surface area contributed by atoms with E-state index in [9.17, 15) is 4.39 Å². The number of hydrogen-bond donors (Lipinski definition) is 1. The van der Waals surface area contributed by atoms with Crippen LogP contribution in [0.3, 0.4) is 0 Å². The summed E-state index contributed by atoms with van der Waals surface area (Å²) in [4.78, 5) is 5.71. The van der Waals surface area contributed by atoms with Gasteiger partial charge in [0, 0.05) is 38.9 Å². The summed E-state index contributed by atoms with van der Waals surface area (Å²) >= 11 is 0. The predicted molar refractivity (Wildman–Crippen MR) is 64.4 cm³/mol. The maximum absolute atomic E-state index is 13.0. The SMILES string of the molecule is [2HH].[2H][2H].[2H][2H].[2H][2H].[N-]=[N+]=NCCc1c[nH]c2ccc(F)cc12. The van der Waals surface area contributed by atoms with Gasteiger partial charge in [0.1, 0.15) is 5.82 Å². The van der Waals surface area contributed by atoms with E-state index in [4.69, 9.17) is 14.4 Å². The summed E-state index contributed by atoms with van der Waals surface area (Å²) in [6.45, 7) is 0.389. The van der Waals surface area contributed by atoms with E-state index >= 15 is 0 Å². The lowest BCUT2D eigenvalue weighted by molar-refractivity contribution is 0.629. The number of aromatic amines is 1. The maximum Gasteiger partial charge on any atom is 0.123 e. The van der Waals surface area contributed by atoms with Crippen LogP contribution in [-0.4, -0.2) is 11.5 Å². The highest BCUT2D eigenvalue weighted by Crippen LogP contribution is 2.19. The zero-order chi connectivity index (χ0) is 16.7. The molecule has 0 unspecified atom stereocenters. The van der Waals surface area contributed by atoms with Crippen molar-refractivity contribution in [3.05, 3.63) is 46.2 Å². The lowest BCUT2D eigenvalue weighted by atomic mass is 10.1. The molecule has 0 saturated carbocycles. The molecule has 0 amide bonds.